The summed E-state index contributed by atoms with van der Waals surface area (Å²) in [5.41, 5.74) is 6.52. The zero-order valence-corrected chi connectivity index (χ0v) is 18.0. The van der Waals surface area contributed by atoms with Crippen LogP contribution in [0.2, 0.25) is 0 Å². The average molecular weight is 417 g/mol. The van der Waals surface area contributed by atoms with Crippen LogP contribution in [0.25, 0.3) is 28.1 Å². The lowest BCUT2D eigenvalue weighted by Gasteiger charge is -2.12. The highest BCUT2D eigenvalue weighted by molar-refractivity contribution is 6.01. The fourth-order valence-electron chi connectivity index (χ4n) is 4.31. The van der Waals surface area contributed by atoms with Crippen LogP contribution in [0.5, 0.6) is 0 Å². The highest BCUT2D eigenvalue weighted by Crippen LogP contribution is 2.38. The van der Waals surface area contributed by atoms with Gasteiger partial charge in [0.25, 0.3) is 0 Å². The summed E-state index contributed by atoms with van der Waals surface area (Å²) >= 11 is 0. The van der Waals surface area contributed by atoms with Gasteiger partial charge in [-0.05, 0) is 60.9 Å². The molecule has 31 heavy (non-hydrogen) atoms. The molecule has 0 saturated carbocycles. The van der Waals surface area contributed by atoms with Gasteiger partial charge in [0.2, 0.25) is 0 Å². The van der Waals surface area contributed by atoms with Gasteiger partial charge in [0.1, 0.15) is 11.6 Å². The summed E-state index contributed by atoms with van der Waals surface area (Å²) in [5, 5.41) is 1.08. The second-order valence-electron chi connectivity index (χ2n) is 7.74. The first-order chi connectivity index (χ1) is 15.1. The Morgan fingerprint density at radius 1 is 1.06 bits per heavy atom. The zero-order chi connectivity index (χ0) is 22.0. The quantitative estimate of drug-likeness (QED) is 0.312. The monoisotopic (exact) mass is 416 g/mol. The van der Waals surface area contributed by atoms with Crippen molar-refractivity contribution in [2.75, 3.05) is 0 Å². The van der Waals surface area contributed by atoms with E-state index in [9.17, 15) is 8.78 Å². The van der Waals surface area contributed by atoms with E-state index in [0.717, 1.165) is 58.7 Å². The highest BCUT2D eigenvalue weighted by atomic mass is 19.1. The number of rotatable bonds is 7. The number of nitrogens with zero attached hydrogens (tertiary/aromatic N) is 2. The van der Waals surface area contributed by atoms with Crippen LogP contribution >= 0.6 is 0 Å². The molecule has 4 aromatic rings. The molecular weight excluding hydrogens is 390 g/mol. The fraction of sp³-hybridized carbons (Fsp3) is 0.222. The molecule has 0 spiro atoms. The van der Waals surface area contributed by atoms with Crippen molar-refractivity contribution in [3.63, 3.8) is 0 Å². The van der Waals surface area contributed by atoms with Crippen molar-refractivity contribution in [3.8, 4) is 11.1 Å². The standard InChI is InChI=1S/C27H26F2N2/c1-4-8-18-10-13-26-22(15-18)27(21-9-7-14-30-24(21)5-2)25(6-3)31(26)17-19-16-20(28)11-12-23(19)29/h6-7,9-16H,3-5,8,17H2,1-2H3. The first kappa shape index (κ1) is 21.0. The van der Waals surface area contributed by atoms with Crippen LogP contribution in [0.4, 0.5) is 8.78 Å². The predicted molar refractivity (Wildman–Crippen MR) is 124 cm³/mol. The molecule has 0 N–H and O–H groups in total. The van der Waals surface area contributed by atoms with Crippen molar-refractivity contribution >= 4 is 17.0 Å². The van der Waals surface area contributed by atoms with Crippen molar-refractivity contribution in [1.82, 2.24) is 9.55 Å². The molecule has 0 atom stereocenters. The highest BCUT2D eigenvalue weighted by Gasteiger charge is 2.20. The summed E-state index contributed by atoms with van der Waals surface area (Å²) in [6, 6.07) is 14.0. The number of hydrogen-bond donors (Lipinski definition) is 0. The minimum absolute atomic E-state index is 0.219. The summed E-state index contributed by atoms with van der Waals surface area (Å²) in [5.74, 6) is -0.864. The largest absolute Gasteiger partial charge is 0.336 e. The van der Waals surface area contributed by atoms with E-state index in [1.54, 1.807) is 12.3 Å². The van der Waals surface area contributed by atoms with Gasteiger partial charge in [-0.25, -0.2) is 8.78 Å². The number of pyridine rings is 1. The van der Waals surface area contributed by atoms with E-state index in [-0.39, 0.29) is 6.54 Å². The molecule has 0 unspecified atom stereocenters. The van der Waals surface area contributed by atoms with Crippen LogP contribution in [0.15, 0.2) is 61.3 Å². The number of benzene rings is 2. The molecule has 0 radical (unpaired) electrons. The lowest BCUT2D eigenvalue weighted by atomic mass is 9.97. The second kappa shape index (κ2) is 8.84. The topological polar surface area (TPSA) is 17.8 Å². The average Bonchev–Trinajstić information content (AvgIpc) is 3.08. The molecule has 2 aromatic heterocycles. The van der Waals surface area contributed by atoms with Crippen molar-refractivity contribution in [2.24, 2.45) is 0 Å². The van der Waals surface area contributed by atoms with Crippen LogP contribution in [0.3, 0.4) is 0 Å². The number of hydrogen-bond acceptors (Lipinski definition) is 1. The number of aryl methyl sites for hydroxylation is 2. The zero-order valence-electron chi connectivity index (χ0n) is 18.0. The maximum Gasteiger partial charge on any atom is 0.128 e. The smallest absolute Gasteiger partial charge is 0.128 e. The SMILES string of the molecule is C=Cc1c(-c2cccnc2CC)c2cc(CCC)ccc2n1Cc1cc(F)ccc1F. The Morgan fingerprint density at radius 2 is 1.90 bits per heavy atom. The lowest BCUT2D eigenvalue weighted by molar-refractivity contribution is 0.578. The molecule has 2 heterocycles. The van der Waals surface area contributed by atoms with E-state index in [2.05, 4.69) is 49.7 Å². The van der Waals surface area contributed by atoms with Gasteiger partial charge < -0.3 is 4.57 Å². The Morgan fingerprint density at radius 3 is 2.65 bits per heavy atom. The molecule has 4 heteroatoms. The van der Waals surface area contributed by atoms with Crippen molar-refractivity contribution in [2.45, 2.75) is 39.7 Å². The van der Waals surface area contributed by atoms with E-state index < -0.39 is 11.6 Å². The molecule has 0 aliphatic heterocycles. The first-order valence-corrected chi connectivity index (χ1v) is 10.7. The van der Waals surface area contributed by atoms with E-state index in [1.807, 2.05) is 10.6 Å². The van der Waals surface area contributed by atoms with Crippen LogP contribution in [-0.4, -0.2) is 9.55 Å². The molecule has 2 aromatic carbocycles. The molecule has 2 nitrogen and oxygen atoms in total. The van der Waals surface area contributed by atoms with E-state index in [4.69, 9.17) is 0 Å². The van der Waals surface area contributed by atoms with Crippen molar-refractivity contribution < 1.29 is 8.78 Å². The predicted octanol–water partition coefficient (Wildman–Crippen LogP) is 7.19. The summed E-state index contributed by atoms with van der Waals surface area (Å²) in [6.45, 7) is 8.53. The first-order valence-electron chi connectivity index (χ1n) is 10.7. The van der Waals surface area contributed by atoms with Gasteiger partial charge >= 0.3 is 0 Å². The summed E-state index contributed by atoms with van der Waals surface area (Å²) in [7, 11) is 0. The Balaban J connectivity index is 2.02. The van der Waals surface area contributed by atoms with E-state index in [1.165, 1.54) is 17.7 Å². The molecule has 4 rings (SSSR count). The minimum Gasteiger partial charge on any atom is -0.336 e. The Kier molecular flexibility index (Phi) is 5.99. The molecule has 0 bridgehead atoms. The third-order valence-electron chi connectivity index (χ3n) is 5.73. The van der Waals surface area contributed by atoms with Crippen LogP contribution in [0.1, 0.15) is 42.8 Å². The third-order valence-corrected chi connectivity index (χ3v) is 5.73. The second-order valence-corrected chi connectivity index (χ2v) is 7.74. The van der Waals surface area contributed by atoms with Crippen LogP contribution < -0.4 is 0 Å². The minimum atomic E-state index is -0.445. The number of aromatic nitrogens is 2. The summed E-state index contributed by atoms with van der Waals surface area (Å²) in [6.07, 6.45) is 6.44. The third kappa shape index (κ3) is 3.90. The maximum absolute atomic E-state index is 14.5. The molecule has 0 amide bonds. The van der Waals surface area contributed by atoms with E-state index in [0.29, 0.717) is 5.56 Å². The van der Waals surface area contributed by atoms with Crippen molar-refractivity contribution in [3.05, 3.63) is 95.5 Å². The molecular formula is C27H26F2N2. The maximum atomic E-state index is 14.5. The molecule has 158 valence electrons. The van der Waals surface area contributed by atoms with Gasteiger partial charge in [0.15, 0.2) is 0 Å². The van der Waals surface area contributed by atoms with E-state index >= 15 is 0 Å². The number of halogens is 2. The van der Waals surface area contributed by atoms with Gasteiger partial charge in [0.05, 0.1) is 6.54 Å². The molecule has 0 fully saturated rings. The van der Waals surface area contributed by atoms with Gasteiger partial charge in [-0.3, -0.25) is 4.98 Å². The number of fused-ring (bicyclic) bond motifs is 1. The van der Waals surface area contributed by atoms with Crippen molar-refractivity contribution in [1.29, 1.82) is 0 Å². The normalized spacial score (nSPS) is 11.2. The Hall–Kier alpha value is -3.27. The Labute approximate surface area is 181 Å². The van der Waals surface area contributed by atoms with Gasteiger partial charge in [0, 0.05) is 45.2 Å². The van der Waals surface area contributed by atoms with Gasteiger partial charge in [-0.2, -0.15) is 0 Å². The lowest BCUT2D eigenvalue weighted by Crippen LogP contribution is -2.05. The van der Waals surface area contributed by atoms with Gasteiger partial charge in [-0.1, -0.05) is 39.0 Å². The summed E-state index contributed by atoms with van der Waals surface area (Å²) in [4.78, 5) is 4.58. The molecule has 0 aliphatic rings. The molecule has 0 aliphatic carbocycles. The van der Waals surface area contributed by atoms with Gasteiger partial charge in [-0.15, -0.1) is 0 Å². The molecule has 0 saturated heterocycles. The Bertz CT molecular complexity index is 1250. The summed E-state index contributed by atoms with van der Waals surface area (Å²) < 4.78 is 30.4. The van der Waals surface area contributed by atoms with Crippen LogP contribution in [-0.2, 0) is 19.4 Å². The fourth-order valence-corrected chi connectivity index (χ4v) is 4.31. The van der Waals surface area contributed by atoms with Crippen LogP contribution in [0, 0.1) is 11.6 Å².